The number of benzene rings is 1. The van der Waals surface area contributed by atoms with Crippen molar-refractivity contribution in [3.8, 4) is 0 Å². The second-order valence-corrected chi connectivity index (χ2v) is 2.52. The van der Waals surface area contributed by atoms with Crippen molar-refractivity contribution in [1.29, 1.82) is 0 Å². The SMILES string of the molecule is FC(N(F)c1ccccc1)C(F)(F)F.I. The smallest absolute Gasteiger partial charge is 0.211 e. The minimum atomic E-state index is -5.23. The number of nitrogens with zero attached hydrogens (tertiary/aromatic N) is 1. The van der Waals surface area contributed by atoms with Crippen LogP contribution in [0.4, 0.5) is 27.7 Å². The molecule has 0 fully saturated rings. The largest absolute Gasteiger partial charge is 0.441 e. The van der Waals surface area contributed by atoms with Gasteiger partial charge in [-0.05, 0) is 12.1 Å². The highest BCUT2D eigenvalue weighted by molar-refractivity contribution is 14.0. The number of hydrogen-bond acceptors (Lipinski definition) is 1. The lowest BCUT2D eigenvalue weighted by molar-refractivity contribution is -0.188. The van der Waals surface area contributed by atoms with E-state index in [4.69, 9.17) is 0 Å². The van der Waals surface area contributed by atoms with E-state index in [1.165, 1.54) is 18.2 Å². The van der Waals surface area contributed by atoms with E-state index in [2.05, 4.69) is 0 Å². The number of rotatable bonds is 2. The van der Waals surface area contributed by atoms with Crippen LogP contribution >= 0.6 is 24.0 Å². The van der Waals surface area contributed by atoms with Crippen LogP contribution in [0.2, 0.25) is 0 Å². The predicted molar refractivity (Wildman–Crippen MR) is 56.4 cm³/mol. The molecule has 0 amide bonds. The van der Waals surface area contributed by atoms with E-state index >= 15 is 0 Å². The summed E-state index contributed by atoms with van der Waals surface area (Å²) in [6.07, 6.45) is -8.87. The fourth-order valence-electron chi connectivity index (χ4n) is 0.830. The van der Waals surface area contributed by atoms with Gasteiger partial charge in [-0.2, -0.15) is 18.3 Å². The Bertz CT molecular complexity index is 289. The molecule has 1 atom stereocenters. The van der Waals surface area contributed by atoms with Crippen molar-refractivity contribution < 1.29 is 22.0 Å². The van der Waals surface area contributed by atoms with Crippen molar-refractivity contribution in [3.63, 3.8) is 0 Å². The van der Waals surface area contributed by atoms with Gasteiger partial charge in [-0.1, -0.05) is 22.7 Å². The highest BCUT2D eigenvalue weighted by Crippen LogP contribution is 2.29. The summed E-state index contributed by atoms with van der Waals surface area (Å²) in [6, 6.07) is 6.19. The van der Waals surface area contributed by atoms with Crippen LogP contribution in [0.15, 0.2) is 30.3 Å². The number of alkyl halides is 4. The fourth-order valence-corrected chi connectivity index (χ4v) is 0.830. The number of halogens is 6. The van der Waals surface area contributed by atoms with Crippen LogP contribution in [-0.2, 0) is 0 Å². The summed E-state index contributed by atoms with van der Waals surface area (Å²) in [5.74, 6) is 0. The molecule has 0 N–H and O–H groups in total. The maximum Gasteiger partial charge on any atom is 0.441 e. The molecule has 0 bridgehead atoms. The lowest BCUT2D eigenvalue weighted by atomic mass is 10.3. The van der Waals surface area contributed by atoms with E-state index in [1.807, 2.05) is 0 Å². The Hall–Kier alpha value is -0.600. The Morgan fingerprint density at radius 3 is 1.93 bits per heavy atom. The molecular weight excluding hydrogens is 332 g/mol. The van der Waals surface area contributed by atoms with Crippen molar-refractivity contribution >= 4 is 29.7 Å². The minimum Gasteiger partial charge on any atom is -0.211 e. The molecule has 1 aromatic rings. The van der Waals surface area contributed by atoms with Gasteiger partial charge in [-0.3, -0.25) is 0 Å². The third kappa shape index (κ3) is 3.80. The lowest BCUT2D eigenvalue weighted by Crippen LogP contribution is -2.37. The zero-order valence-corrected chi connectivity index (χ0v) is 9.54. The molecule has 86 valence electrons. The van der Waals surface area contributed by atoms with Crippen LogP contribution in [0.5, 0.6) is 0 Å². The topological polar surface area (TPSA) is 3.24 Å². The first-order valence-electron chi connectivity index (χ1n) is 3.64. The maximum atomic E-state index is 12.8. The zero-order valence-electron chi connectivity index (χ0n) is 7.21. The van der Waals surface area contributed by atoms with Gasteiger partial charge < -0.3 is 0 Å². The van der Waals surface area contributed by atoms with Crippen LogP contribution in [-0.4, -0.2) is 12.5 Å². The van der Waals surface area contributed by atoms with Gasteiger partial charge in [0.25, 0.3) is 6.30 Å². The third-order valence-electron chi connectivity index (χ3n) is 1.47. The molecule has 7 heteroatoms. The zero-order chi connectivity index (χ0) is 10.8. The molecule has 0 radical (unpaired) electrons. The molecule has 0 aromatic heterocycles. The molecule has 0 aliphatic rings. The van der Waals surface area contributed by atoms with Crippen LogP contribution in [0.25, 0.3) is 0 Å². The van der Waals surface area contributed by atoms with Gasteiger partial charge in [0, 0.05) is 0 Å². The monoisotopic (exact) mass is 339 g/mol. The standard InChI is InChI=1S/C8H6F5N.HI/c9-7(8(10,11)12)14(13)6-4-2-1-3-5-6;/h1-5,7H;1H. The average Bonchev–Trinajstić information content (AvgIpc) is 2.15. The third-order valence-corrected chi connectivity index (χ3v) is 1.47. The summed E-state index contributed by atoms with van der Waals surface area (Å²) in [5.41, 5.74) is -0.475. The van der Waals surface area contributed by atoms with E-state index in [0.29, 0.717) is 0 Å². The summed E-state index contributed by atoms with van der Waals surface area (Å²) in [7, 11) is 0. The molecule has 0 aliphatic heterocycles. The number of para-hydroxylation sites is 1. The fraction of sp³-hybridized carbons (Fsp3) is 0.250. The van der Waals surface area contributed by atoms with Crippen LogP contribution < -0.4 is 5.12 Å². The maximum absolute atomic E-state index is 12.8. The van der Waals surface area contributed by atoms with Gasteiger partial charge in [0.15, 0.2) is 0 Å². The molecule has 1 rings (SSSR count). The van der Waals surface area contributed by atoms with Crippen molar-refractivity contribution in [1.82, 2.24) is 0 Å². The van der Waals surface area contributed by atoms with E-state index in [9.17, 15) is 22.0 Å². The summed E-state index contributed by atoms with van der Waals surface area (Å²) >= 11 is 0. The van der Waals surface area contributed by atoms with Crippen LogP contribution in [0.1, 0.15) is 0 Å². The Morgan fingerprint density at radius 1 is 1.07 bits per heavy atom. The first kappa shape index (κ1) is 14.4. The van der Waals surface area contributed by atoms with Gasteiger partial charge >= 0.3 is 6.18 Å². The first-order chi connectivity index (χ1) is 6.43. The van der Waals surface area contributed by atoms with E-state index in [0.717, 1.165) is 12.1 Å². The summed E-state index contributed by atoms with van der Waals surface area (Å²) in [6.45, 7) is 0. The second kappa shape index (κ2) is 5.47. The van der Waals surface area contributed by atoms with Crippen molar-refractivity contribution in [2.24, 2.45) is 0 Å². The van der Waals surface area contributed by atoms with Gasteiger partial charge in [0.1, 0.15) is 0 Å². The highest BCUT2D eigenvalue weighted by Gasteiger charge is 2.45. The summed E-state index contributed by atoms with van der Waals surface area (Å²) in [5, 5.41) is -0.958. The molecule has 0 aliphatic carbocycles. The van der Waals surface area contributed by atoms with Crippen molar-refractivity contribution in [2.45, 2.75) is 12.5 Å². The molecule has 0 heterocycles. The Morgan fingerprint density at radius 2 is 1.53 bits per heavy atom. The quantitative estimate of drug-likeness (QED) is 0.342. The van der Waals surface area contributed by atoms with Gasteiger partial charge in [0.2, 0.25) is 0 Å². The van der Waals surface area contributed by atoms with Crippen LogP contribution in [0.3, 0.4) is 0 Å². The molecule has 1 aromatic carbocycles. The van der Waals surface area contributed by atoms with Crippen molar-refractivity contribution in [2.75, 3.05) is 5.12 Å². The normalized spacial score (nSPS) is 12.9. The van der Waals surface area contributed by atoms with Crippen molar-refractivity contribution in [3.05, 3.63) is 30.3 Å². The predicted octanol–water partition coefficient (Wildman–Crippen LogP) is 3.85. The summed E-state index contributed by atoms with van der Waals surface area (Å²) in [4.78, 5) is 0. The van der Waals surface area contributed by atoms with E-state index in [-0.39, 0.29) is 24.0 Å². The number of anilines is 1. The summed E-state index contributed by atoms with van der Waals surface area (Å²) < 4.78 is 60.4. The molecule has 0 spiro atoms. The van der Waals surface area contributed by atoms with Crippen LogP contribution in [0, 0.1) is 0 Å². The minimum absolute atomic E-state index is 0. The van der Waals surface area contributed by atoms with Gasteiger partial charge in [-0.15, -0.1) is 24.0 Å². The Kier molecular flexibility index (Phi) is 5.26. The first-order valence-corrected chi connectivity index (χ1v) is 3.64. The highest BCUT2D eigenvalue weighted by atomic mass is 127. The molecule has 0 saturated carbocycles. The van der Waals surface area contributed by atoms with Gasteiger partial charge in [-0.25, -0.2) is 4.39 Å². The average molecular weight is 339 g/mol. The molecule has 15 heavy (non-hydrogen) atoms. The second-order valence-electron chi connectivity index (χ2n) is 2.52. The van der Waals surface area contributed by atoms with Gasteiger partial charge in [0.05, 0.1) is 5.69 Å². The molecule has 0 saturated heterocycles. The number of hydrogen-bond donors (Lipinski definition) is 0. The lowest BCUT2D eigenvalue weighted by Gasteiger charge is -2.20. The van der Waals surface area contributed by atoms with E-state index < -0.39 is 23.3 Å². The Balaban J connectivity index is 0.00000196. The molecule has 1 unspecified atom stereocenters. The van der Waals surface area contributed by atoms with E-state index in [1.54, 1.807) is 0 Å². The molecular formula is C8H7F5IN. The Labute approximate surface area is 99.8 Å². The molecule has 1 nitrogen and oxygen atoms in total.